The Labute approximate surface area is 82.8 Å². The molecular formula is C10H15N3O. The molecule has 0 bridgehead atoms. The molecule has 0 spiro atoms. The van der Waals surface area contributed by atoms with E-state index in [2.05, 4.69) is 15.3 Å². The molecule has 1 aromatic heterocycles. The van der Waals surface area contributed by atoms with Crippen LogP contribution in [0.2, 0.25) is 0 Å². The first-order chi connectivity index (χ1) is 6.59. The molecule has 0 saturated heterocycles. The number of fused-ring (bicyclic) bond motifs is 1. The summed E-state index contributed by atoms with van der Waals surface area (Å²) in [5.41, 5.74) is 1.72. The normalized spacial score (nSPS) is 20.1. The van der Waals surface area contributed by atoms with Crippen LogP contribution in [-0.4, -0.2) is 9.97 Å². The highest BCUT2D eigenvalue weighted by atomic mass is 16.1. The van der Waals surface area contributed by atoms with Crippen LogP contribution in [0, 0.1) is 0 Å². The van der Waals surface area contributed by atoms with Gasteiger partial charge in [-0.25, -0.2) is 4.98 Å². The Morgan fingerprint density at radius 1 is 1.50 bits per heavy atom. The van der Waals surface area contributed by atoms with Gasteiger partial charge in [-0.3, -0.25) is 4.79 Å². The molecule has 0 aliphatic carbocycles. The van der Waals surface area contributed by atoms with Gasteiger partial charge in [0.25, 0.3) is 5.56 Å². The largest absolute Gasteiger partial charge is 0.310 e. The maximum atomic E-state index is 11.7. The van der Waals surface area contributed by atoms with Gasteiger partial charge >= 0.3 is 0 Å². The zero-order valence-corrected chi connectivity index (χ0v) is 8.72. The number of hydrogen-bond acceptors (Lipinski definition) is 3. The summed E-state index contributed by atoms with van der Waals surface area (Å²) in [6, 6.07) is 0.127. The molecule has 0 amide bonds. The van der Waals surface area contributed by atoms with Gasteiger partial charge in [0.2, 0.25) is 0 Å². The van der Waals surface area contributed by atoms with Gasteiger partial charge in [0.15, 0.2) is 0 Å². The Morgan fingerprint density at radius 3 is 2.86 bits per heavy atom. The molecule has 1 aliphatic rings. The lowest BCUT2D eigenvalue weighted by atomic mass is 10.1. The Hall–Kier alpha value is -1.16. The van der Waals surface area contributed by atoms with E-state index in [4.69, 9.17) is 0 Å². The summed E-state index contributed by atoms with van der Waals surface area (Å²) in [5.74, 6) is 1.05. The quantitative estimate of drug-likeness (QED) is 0.701. The Kier molecular flexibility index (Phi) is 2.15. The molecule has 2 N–H and O–H groups in total. The maximum absolute atomic E-state index is 11.7. The van der Waals surface area contributed by atoms with Crippen molar-refractivity contribution in [1.82, 2.24) is 15.3 Å². The molecule has 0 radical (unpaired) electrons. The van der Waals surface area contributed by atoms with Crippen LogP contribution in [0.15, 0.2) is 4.79 Å². The maximum Gasteiger partial charge on any atom is 0.255 e. The highest BCUT2D eigenvalue weighted by Crippen LogP contribution is 2.20. The molecule has 1 atom stereocenters. The second-order valence-electron chi connectivity index (χ2n) is 4.07. The molecule has 2 heterocycles. The summed E-state index contributed by atoms with van der Waals surface area (Å²) in [4.78, 5) is 19.0. The fourth-order valence-corrected chi connectivity index (χ4v) is 1.75. The van der Waals surface area contributed by atoms with Gasteiger partial charge in [0.1, 0.15) is 5.82 Å². The van der Waals surface area contributed by atoms with Crippen LogP contribution in [-0.2, 0) is 6.54 Å². The molecule has 14 heavy (non-hydrogen) atoms. The number of nitrogens with one attached hydrogen (secondary N) is 2. The predicted octanol–water partition coefficient (Wildman–Crippen LogP) is 1.06. The number of nitrogens with zero attached hydrogens (tertiary/aromatic N) is 1. The van der Waals surface area contributed by atoms with Crippen LogP contribution in [0.5, 0.6) is 0 Å². The van der Waals surface area contributed by atoms with Gasteiger partial charge in [-0.1, -0.05) is 13.8 Å². The van der Waals surface area contributed by atoms with Crippen molar-refractivity contribution in [3.05, 3.63) is 27.4 Å². The zero-order chi connectivity index (χ0) is 10.3. The Bertz CT molecular complexity index is 408. The van der Waals surface area contributed by atoms with Crippen molar-refractivity contribution in [3.63, 3.8) is 0 Å². The summed E-state index contributed by atoms with van der Waals surface area (Å²) in [7, 11) is 0. The van der Waals surface area contributed by atoms with E-state index < -0.39 is 0 Å². The Morgan fingerprint density at radius 2 is 2.21 bits per heavy atom. The number of H-pyrrole nitrogens is 1. The topological polar surface area (TPSA) is 57.8 Å². The van der Waals surface area contributed by atoms with E-state index in [0.29, 0.717) is 6.54 Å². The van der Waals surface area contributed by atoms with Crippen LogP contribution in [0.25, 0.3) is 0 Å². The second kappa shape index (κ2) is 3.20. The lowest BCUT2D eigenvalue weighted by molar-refractivity contribution is 0.629. The van der Waals surface area contributed by atoms with Gasteiger partial charge in [0, 0.05) is 18.5 Å². The van der Waals surface area contributed by atoms with Gasteiger partial charge in [-0.2, -0.15) is 0 Å². The predicted molar refractivity (Wildman–Crippen MR) is 54.2 cm³/mol. The molecule has 1 aromatic rings. The lowest BCUT2D eigenvalue weighted by Crippen LogP contribution is -2.20. The van der Waals surface area contributed by atoms with Crippen LogP contribution in [0.1, 0.15) is 49.8 Å². The van der Waals surface area contributed by atoms with E-state index in [1.807, 2.05) is 20.8 Å². The van der Waals surface area contributed by atoms with Crippen molar-refractivity contribution in [3.8, 4) is 0 Å². The highest BCUT2D eigenvalue weighted by Gasteiger charge is 2.23. The fraction of sp³-hybridized carbons (Fsp3) is 0.600. The second-order valence-corrected chi connectivity index (χ2v) is 4.07. The highest BCUT2D eigenvalue weighted by molar-refractivity contribution is 5.26. The molecular weight excluding hydrogens is 178 g/mol. The number of rotatable bonds is 1. The van der Waals surface area contributed by atoms with E-state index in [9.17, 15) is 4.79 Å². The van der Waals surface area contributed by atoms with E-state index in [1.54, 1.807) is 0 Å². The van der Waals surface area contributed by atoms with Gasteiger partial charge in [-0.15, -0.1) is 0 Å². The fourth-order valence-electron chi connectivity index (χ4n) is 1.75. The molecule has 4 nitrogen and oxygen atoms in total. The van der Waals surface area contributed by atoms with E-state index >= 15 is 0 Å². The first kappa shape index (κ1) is 9.40. The van der Waals surface area contributed by atoms with Crippen LogP contribution >= 0.6 is 0 Å². The van der Waals surface area contributed by atoms with Gasteiger partial charge in [-0.05, 0) is 6.92 Å². The van der Waals surface area contributed by atoms with E-state index in [1.165, 1.54) is 0 Å². The summed E-state index contributed by atoms with van der Waals surface area (Å²) in [6.07, 6.45) is 0. The third-order valence-corrected chi connectivity index (χ3v) is 2.61. The van der Waals surface area contributed by atoms with Crippen molar-refractivity contribution in [1.29, 1.82) is 0 Å². The van der Waals surface area contributed by atoms with Crippen molar-refractivity contribution in [2.75, 3.05) is 0 Å². The lowest BCUT2D eigenvalue weighted by Gasteiger charge is -2.07. The number of hydrogen-bond donors (Lipinski definition) is 2. The standard InChI is InChI=1S/C10H15N3O/c1-5(2)9-12-7-4-11-6(3)8(7)10(14)13-9/h5-6,11H,4H2,1-3H3,(H,12,13,14). The van der Waals surface area contributed by atoms with Crippen LogP contribution in [0.3, 0.4) is 0 Å². The van der Waals surface area contributed by atoms with Crippen molar-refractivity contribution in [2.24, 2.45) is 0 Å². The molecule has 1 unspecified atom stereocenters. The monoisotopic (exact) mass is 193 g/mol. The molecule has 1 aliphatic heterocycles. The molecule has 76 valence electrons. The van der Waals surface area contributed by atoms with E-state index in [0.717, 1.165) is 17.1 Å². The summed E-state index contributed by atoms with van der Waals surface area (Å²) in [6.45, 7) is 6.74. The van der Waals surface area contributed by atoms with Gasteiger partial charge in [0.05, 0.1) is 11.3 Å². The minimum absolute atomic E-state index is 0.0104. The molecule has 0 fully saturated rings. The molecule has 2 rings (SSSR count). The zero-order valence-electron chi connectivity index (χ0n) is 8.72. The molecule has 0 saturated carbocycles. The van der Waals surface area contributed by atoms with Crippen molar-refractivity contribution in [2.45, 2.75) is 39.3 Å². The SMILES string of the molecule is CC(C)c1nc2c(c(=O)[nH]1)C(C)NC2. The first-order valence-corrected chi connectivity index (χ1v) is 4.96. The first-order valence-electron chi connectivity index (χ1n) is 4.96. The summed E-state index contributed by atoms with van der Waals surface area (Å²) < 4.78 is 0. The third kappa shape index (κ3) is 1.35. The number of aromatic amines is 1. The van der Waals surface area contributed by atoms with Crippen LogP contribution < -0.4 is 10.9 Å². The average molecular weight is 193 g/mol. The summed E-state index contributed by atoms with van der Waals surface area (Å²) in [5, 5.41) is 3.21. The summed E-state index contributed by atoms with van der Waals surface area (Å²) >= 11 is 0. The average Bonchev–Trinajstić information content (AvgIpc) is 2.48. The van der Waals surface area contributed by atoms with Crippen molar-refractivity contribution < 1.29 is 0 Å². The minimum atomic E-state index is 0.0104. The van der Waals surface area contributed by atoms with Gasteiger partial charge < -0.3 is 10.3 Å². The van der Waals surface area contributed by atoms with Crippen molar-refractivity contribution >= 4 is 0 Å². The third-order valence-electron chi connectivity index (χ3n) is 2.61. The minimum Gasteiger partial charge on any atom is -0.310 e. The molecule has 0 aromatic carbocycles. The molecule has 4 heteroatoms. The van der Waals surface area contributed by atoms with Crippen LogP contribution in [0.4, 0.5) is 0 Å². The number of aromatic nitrogens is 2. The van der Waals surface area contributed by atoms with E-state index in [-0.39, 0.29) is 17.5 Å². The Balaban J connectivity index is 2.57. The smallest absolute Gasteiger partial charge is 0.255 e.